The van der Waals surface area contributed by atoms with Gasteiger partial charge in [-0.25, -0.2) is 8.42 Å². The minimum absolute atomic E-state index is 0.0365. The van der Waals surface area contributed by atoms with Crippen LogP contribution in [0.1, 0.15) is 13.3 Å². The van der Waals surface area contributed by atoms with E-state index < -0.39 is 14.9 Å². The first-order valence-electron chi connectivity index (χ1n) is 6.34. The Kier molecular flexibility index (Phi) is 4.39. The molecule has 1 unspecified atom stereocenters. The molecule has 2 rings (SSSR count). The average molecular weight is 378 g/mol. The molecule has 21 heavy (non-hydrogen) atoms. The van der Waals surface area contributed by atoms with E-state index in [-0.39, 0.29) is 20.5 Å². The molecule has 1 heterocycles. The minimum atomic E-state index is -3.68. The molecule has 9 heteroatoms. The van der Waals surface area contributed by atoms with E-state index in [1.165, 1.54) is 22.5 Å². The average Bonchev–Trinajstić information content (AvgIpc) is 2.82. The fourth-order valence-electron chi connectivity index (χ4n) is 2.30. The Hall–Kier alpha value is -1.03. The highest BCUT2D eigenvalue weighted by Gasteiger charge is 2.39. The van der Waals surface area contributed by atoms with Crippen molar-refractivity contribution in [3.8, 4) is 0 Å². The first-order valence-corrected chi connectivity index (χ1v) is 8.57. The number of halogens is 1. The number of benzene rings is 1. The first-order chi connectivity index (χ1) is 9.69. The monoisotopic (exact) mass is 377 g/mol. The van der Waals surface area contributed by atoms with Crippen LogP contribution in [0.15, 0.2) is 27.6 Å². The SMILES string of the molecule is CC1(CN)CCN(S(=O)(=O)c2ccc([N+](=O)[O-])cc2Br)C1. The molecular weight excluding hydrogens is 362 g/mol. The number of hydrogen-bond acceptors (Lipinski definition) is 5. The van der Waals surface area contributed by atoms with Crippen molar-refractivity contribution >= 4 is 31.6 Å². The fraction of sp³-hybridized carbons (Fsp3) is 0.500. The number of rotatable bonds is 4. The Morgan fingerprint density at radius 3 is 2.67 bits per heavy atom. The summed E-state index contributed by atoms with van der Waals surface area (Å²) in [7, 11) is -3.68. The van der Waals surface area contributed by atoms with Gasteiger partial charge in [0.2, 0.25) is 10.0 Å². The lowest BCUT2D eigenvalue weighted by Crippen LogP contribution is -2.34. The van der Waals surface area contributed by atoms with E-state index in [1.807, 2.05) is 6.92 Å². The van der Waals surface area contributed by atoms with Crippen LogP contribution in [0.3, 0.4) is 0 Å². The van der Waals surface area contributed by atoms with Crippen molar-refractivity contribution < 1.29 is 13.3 Å². The van der Waals surface area contributed by atoms with E-state index in [4.69, 9.17) is 5.73 Å². The van der Waals surface area contributed by atoms with Gasteiger partial charge in [0, 0.05) is 29.7 Å². The van der Waals surface area contributed by atoms with Crippen LogP contribution in [-0.2, 0) is 10.0 Å². The molecule has 0 saturated carbocycles. The van der Waals surface area contributed by atoms with Crippen molar-refractivity contribution in [1.29, 1.82) is 0 Å². The van der Waals surface area contributed by atoms with E-state index >= 15 is 0 Å². The molecule has 1 atom stereocenters. The van der Waals surface area contributed by atoms with Gasteiger partial charge in [0.05, 0.1) is 9.82 Å². The Bertz CT molecular complexity index is 679. The summed E-state index contributed by atoms with van der Waals surface area (Å²) in [6.45, 7) is 3.13. The molecule has 1 fully saturated rings. The summed E-state index contributed by atoms with van der Waals surface area (Å²) < 4.78 is 26.8. The largest absolute Gasteiger partial charge is 0.330 e. The van der Waals surface area contributed by atoms with Gasteiger partial charge in [-0.05, 0) is 40.4 Å². The third kappa shape index (κ3) is 3.10. The highest BCUT2D eigenvalue weighted by Crippen LogP contribution is 2.35. The van der Waals surface area contributed by atoms with E-state index in [0.717, 1.165) is 0 Å². The van der Waals surface area contributed by atoms with Crippen molar-refractivity contribution in [2.75, 3.05) is 19.6 Å². The highest BCUT2D eigenvalue weighted by molar-refractivity contribution is 9.10. The van der Waals surface area contributed by atoms with Crippen molar-refractivity contribution in [2.24, 2.45) is 11.1 Å². The molecule has 1 aliphatic heterocycles. The summed E-state index contributed by atoms with van der Waals surface area (Å²) in [5.41, 5.74) is 5.31. The van der Waals surface area contributed by atoms with Crippen LogP contribution >= 0.6 is 15.9 Å². The van der Waals surface area contributed by atoms with Gasteiger partial charge in [0.25, 0.3) is 5.69 Å². The topological polar surface area (TPSA) is 107 Å². The summed E-state index contributed by atoms with van der Waals surface area (Å²) in [6, 6.07) is 3.65. The molecule has 1 saturated heterocycles. The van der Waals surface area contributed by atoms with Crippen molar-refractivity contribution in [1.82, 2.24) is 4.31 Å². The number of hydrogen-bond donors (Lipinski definition) is 1. The standard InChI is InChI=1S/C12H16BrN3O4S/c1-12(7-14)4-5-15(8-12)21(19,20)11-3-2-9(16(17)18)6-10(11)13/h2-3,6H,4-5,7-8,14H2,1H3. The van der Waals surface area contributed by atoms with Crippen molar-refractivity contribution in [2.45, 2.75) is 18.2 Å². The molecule has 0 aromatic heterocycles. The Morgan fingerprint density at radius 1 is 1.52 bits per heavy atom. The lowest BCUT2D eigenvalue weighted by atomic mass is 9.90. The van der Waals surface area contributed by atoms with Crippen LogP contribution in [0, 0.1) is 15.5 Å². The number of nitrogens with zero attached hydrogens (tertiary/aromatic N) is 2. The zero-order valence-corrected chi connectivity index (χ0v) is 13.9. The van der Waals surface area contributed by atoms with Gasteiger partial charge in [-0.2, -0.15) is 4.31 Å². The third-order valence-corrected chi connectivity index (χ3v) is 6.58. The number of nitro groups is 1. The number of sulfonamides is 1. The zero-order chi connectivity index (χ0) is 15.8. The van der Waals surface area contributed by atoms with Gasteiger partial charge < -0.3 is 5.73 Å². The molecular formula is C12H16BrN3O4S. The number of non-ortho nitro benzene ring substituents is 1. The van der Waals surface area contributed by atoms with Crippen LogP contribution in [0.25, 0.3) is 0 Å². The molecule has 0 radical (unpaired) electrons. The number of nitro benzene ring substituents is 1. The smallest absolute Gasteiger partial charge is 0.270 e. The van der Waals surface area contributed by atoms with Crippen LogP contribution in [0.4, 0.5) is 5.69 Å². The third-order valence-electron chi connectivity index (χ3n) is 3.76. The maximum Gasteiger partial charge on any atom is 0.270 e. The molecule has 2 N–H and O–H groups in total. The van der Waals surface area contributed by atoms with E-state index in [1.54, 1.807) is 0 Å². The molecule has 1 aromatic rings. The van der Waals surface area contributed by atoms with E-state index in [9.17, 15) is 18.5 Å². The molecule has 0 spiro atoms. The maximum atomic E-state index is 12.6. The second-order valence-corrected chi connectivity index (χ2v) is 8.24. The molecule has 0 amide bonds. The normalized spacial score (nSPS) is 23.4. The molecule has 116 valence electrons. The Morgan fingerprint density at radius 2 is 2.19 bits per heavy atom. The van der Waals surface area contributed by atoms with Gasteiger partial charge in [0.15, 0.2) is 0 Å². The van der Waals surface area contributed by atoms with E-state index in [0.29, 0.717) is 26.1 Å². The van der Waals surface area contributed by atoms with Gasteiger partial charge >= 0.3 is 0 Å². The second kappa shape index (κ2) is 5.64. The van der Waals surface area contributed by atoms with Crippen LogP contribution in [0.5, 0.6) is 0 Å². The molecule has 0 bridgehead atoms. The molecule has 7 nitrogen and oxygen atoms in total. The number of nitrogens with two attached hydrogens (primary N) is 1. The van der Waals surface area contributed by atoms with Crippen LogP contribution in [-0.4, -0.2) is 37.3 Å². The van der Waals surface area contributed by atoms with Gasteiger partial charge in [0.1, 0.15) is 0 Å². The Labute approximate surface area is 131 Å². The molecule has 1 aromatic carbocycles. The Balaban J connectivity index is 2.35. The van der Waals surface area contributed by atoms with Gasteiger partial charge in [-0.15, -0.1) is 0 Å². The summed E-state index contributed by atoms with van der Waals surface area (Å²) in [6.07, 6.45) is 0.702. The quantitative estimate of drug-likeness (QED) is 0.634. The summed E-state index contributed by atoms with van der Waals surface area (Å²) >= 11 is 3.11. The lowest BCUT2D eigenvalue weighted by Gasteiger charge is -2.22. The van der Waals surface area contributed by atoms with Gasteiger partial charge in [-0.1, -0.05) is 6.92 Å². The first kappa shape index (κ1) is 16.3. The minimum Gasteiger partial charge on any atom is -0.330 e. The fourth-order valence-corrected chi connectivity index (χ4v) is 4.92. The lowest BCUT2D eigenvalue weighted by molar-refractivity contribution is -0.385. The summed E-state index contributed by atoms with van der Waals surface area (Å²) in [5.74, 6) is 0. The summed E-state index contributed by atoms with van der Waals surface area (Å²) in [5, 5.41) is 10.7. The van der Waals surface area contributed by atoms with Crippen LogP contribution in [0.2, 0.25) is 0 Å². The predicted octanol–water partition coefficient (Wildman–Crippen LogP) is 1.72. The molecule has 1 aliphatic rings. The summed E-state index contributed by atoms with van der Waals surface area (Å²) in [4.78, 5) is 10.2. The van der Waals surface area contributed by atoms with Crippen molar-refractivity contribution in [3.05, 3.63) is 32.8 Å². The second-order valence-electron chi connectivity index (χ2n) is 5.48. The molecule has 0 aliphatic carbocycles. The predicted molar refractivity (Wildman–Crippen MR) is 81.3 cm³/mol. The van der Waals surface area contributed by atoms with Crippen molar-refractivity contribution in [3.63, 3.8) is 0 Å². The van der Waals surface area contributed by atoms with Gasteiger partial charge in [-0.3, -0.25) is 10.1 Å². The zero-order valence-electron chi connectivity index (χ0n) is 11.5. The highest BCUT2D eigenvalue weighted by atomic mass is 79.9. The van der Waals surface area contributed by atoms with E-state index in [2.05, 4.69) is 15.9 Å². The maximum absolute atomic E-state index is 12.6. The van der Waals surface area contributed by atoms with Crippen LogP contribution < -0.4 is 5.73 Å².